The lowest BCUT2D eigenvalue weighted by molar-refractivity contribution is 0.0947. The number of nitrogens with zero attached hydrogens (tertiary/aromatic N) is 5. The van der Waals surface area contributed by atoms with Crippen LogP contribution in [0.4, 0.5) is 0 Å². The maximum absolute atomic E-state index is 13.4. The van der Waals surface area contributed by atoms with Crippen molar-refractivity contribution in [3.63, 3.8) is 0 Å². The minimum absolute atomic E-state index is 0.0971. The van der Waals surface area contributed by atoms with Gasteiger partial charge in [-0.15, -0.1) is 10.2 Å². The Morgan fingerprint density at radius 2 is 2.00 bits per heavy atom. The maximum Gasteiger partial charge on any atom is 0.163 e. The van der Waals surface area contributed by atoms with Gasteiger partial charge in [-0.25, -0.2) is 18.4 Å². The normalized spacial score (nSPS) is 22.1. The van der Waals surface area contributed by atoms with Gasteiger partial charge in [0.25, 0.3) is 0 Å². The van der Waals surface area contributed by atoms with Crippen LogP contribution in [0.15, 0.2) is 12.4 Å². The number of hydrogen-bond donors (Lipinski definition) is 0. The van der Waals surface area contributed by atoms with Crippen molar-refractivity contribution in [1.29, 1.82) is 0 Å². The molecule has 4 rings (SSSR count). The molecule has 10 nitrogen and oxygen atoms in total. The number of halogens is 1. The molecule has 0 amide bonds. The topological polar surface area (TPSA) is 118 Å². The lowest BCUT2D eigenvalue weighted by Crippen LogP contribution is -2.32. The minimum atomic E-state index is -3.70. The molecule has 1 saturated heterocycles. The zero-order valence-corrected chi connectivity index (χ0v) is 20.0. The molecule has 2 fully saturated rings. The summed E-state index contributed by atoms with van der Waals surface area (Å²) in [5.41, 5.74) is -0.301. The van der Waals surface area contributed by atoms with Gasteiger partial charge in [0.1, 0.15) is 23.5 Å². The second kappa shape index (κ2) is 9.30. The van der Waals surface area contributed by atoms with Gasteiger partial charge in [0.05, 0.1) is 29.0 Å². The van der Waals surface area contributed by atoms with Crippen LogP contribution >= 0.6 is 11.6 Å². The summed E-state index contributed by atoms with van der Waals surface area (Å²) in [6, 6.07) is 0. The summed E-state index contributed by atoms with van der Waals surface area (Å²) in [5, 5.41) is 8.18. The molecule has 0 spiro atoms. The quantitative estimate of drug-likeness (QED) is 0.498. The summed E-state index contributed by atoms with van der Waals surface area (Å²) < 4.78 is 45.3. The Bertz CT molecular complexity index is 1040. The zero-order valence-electron chi connectivity index (χ0n) is 18.4. The second-order valence-electron chi connectivity index (χ2n) is 8.46. The van der Waals surface area contributed by atoms with E-state index in [1.54, 1.807) is 14.0 Å². The van der Waals surface area contributed by atoms with Gasteiger partial charge in [-0.2, -0.15) is 0 Å². The van der Waals surface area contributed by atoms with E-state index in [4.69, 9.17) is 25.8 Å². The monoisotopic (exact) mass is 485 g/mol. The minimum Gasteiger partial charge on any atom is -0.382 e. The highest BCUT2D eigenvalue weighted by molar-refractivity contribution is 7.91. The summed E-state index contributed by atoms with van der Waals surface area (Å²) in [4.78, 5) is 8.29. The highest BCUT2D eigenvalue weighted by Crippen LogP contribution is 2.47. The van der Waals surface area contributed by atoms with Gasteiger partial charge in [-0.1, -0.05) is 11.6 Å². The number of methoxy groups -OCH3 is 2. The Labute approximate surface area is 192 Å². The van der Waals surface area contributed by atoms with Crippen molar-refractivity contribution in [2.45, 2.75) is 54.7 Å². The van der Waals surface area contributed by atoms with Crippen LogP contribution in [0.25, 0.3) is 0 Å². The van der Waals surface area contributed by atoms with Crippen LogP contribution in [0.1, 0.15) is 55.7 Å². The van der Waals surface area contributed by atoms with Crippen LogP contribution in [0.5, 0.6) is 0 Å². The number of rotatable bonds is 10. The molecule has 12 heteroatoms. The Morgan fingerprint density at radius 3 is 2.56 bits per heavy atom. The molecule has 2 aromatic heterocycles. The molecule has 0 N–H and O–H groups in total. The number of sulfone groups is 1. The van der Waals surface area contributed by atoms with Gasteiger partial charge < -0.3 is 18.8 Å². The average molecular weight is 486 g/mol. The first kappa shape index (κ1) is 23.5. The van der Waals surface area contributed by atoms with E-state index in [9.17, 15) is 8.42 Å². The molecule has 2 aliphatic rings. The van der Waals surface area contributed by atoms with Crippen molar-refractivity contribution in [2.75, 3.05) is 34.0 Å². The molecule has 0 bridgehead atoms. The van der Waals surface area contributed by atoms with Crippen LogP contribution in [-0.4, -0.2) is 72.4 Å². The van der Waals surface area contributed by atoms with Crippen LogP contribution < -0.4 is 0 Å². The maximum atomic E-state index is 13.4. The standard InChI is InChI=1S/C20H28ClN5O5S/c1-13(17(30-3)18-22-8-15(21)9-23-18)32(27,28)11-16-24-25-19(14-4-7-31-10-14)26(16)20(5-6-20)12-29-2/h8-9,13-14,17H,4-7,10-12H2,1-3H3/t13-,14-,17-/m0/s1. The molecule has 2 aromatic rings. The Balaban J connectivity index is 1.64. The molecule has 32 heavy (non-hydrogen) atoms. The smallest absolute Gasteiger partial charge is 0.163 e. The number of aromatic nitrogens is 5. The van der Waals surface area contributed by atoms with Gasteiger partial charge in [0, 0.05) is 39.1 Å². The third-order valence-electron chi connectivity index (χ3n) is 6.24. The predicted molar refractivity (Wildman–Crippen MR) is 116 cm³/mol. The van der Waals surface area contributed by atoms with Crippen molar-refractivity contribution in [3.05, 3.63) is 34.9 Å². The molecular formula is C20H28ClN5O5S. The van der Waals surface area contributed by atoms with Gasteiger partial charge in [-0.05, 0) is 26.2 Å². The first-order chi connectivity index (χ1) is 15.3. The SMILES string of the molecule is COCC1(n2c(CS(=O)(=O)[C@@H](C)[C@H](OC)c3ncc(Cl)cn3)nnc2[C@H]2CCOC2)CC1. The molecule has 3 heterocycles. The summed E-state index contributed by atoms with van der Waals surface area (Å²) in [6.45, 7) is 3.30. The second-order valence-corrected chi connectivity index (χ2v) is 11.3. The van der Waals surface area contributed by atoms with Gasteiger partial charge in [0.2, 0.25) is 0 Å². The molecule has 1 saturated carbocycles. The van der Waals surface area contributed by atoms with Crippen LogP contribution in [-0.2, 0) is 35.3 Å². The highest BCUT2D eigenvalue weighted by Gasteiger charge is 2.49. The van der Waals surface area contributed by atoms with Crippen LogP contribution in [0.3, 0.4) is 0 Å². The first-order valence-corrected chi connectivity index (χ1v) is 12.6. The number of ether oxygens (including phenoxy) is 3. The fraction of sp³-hybridized carbons (Fsp3) is 0.700. The fourth-order valence-electron chi connectivity index (χ4n) is 4.26. The van der Waals surface area contributed by atoms with Gasteiger partial charge in [0.15, 0.2) is 15.7 Å². The van der Waals surface area contributed by atoms with E-state index < -0.39 is 21.2 Å². The molecule has 1 aliphatic carbocycles. The Morgan fingerprint density at radius 1 is 1.28 bits per heavy atom. The third-order valence-corrected chi connectivity index (χ3v) is 8.47. The lowest BCUT2D eigenvalue weighted by atomic mass is 10.1. The number of hydrogen-bond acceptors (Lipinski definition) is 9. The molecule has 0 unspecified atom stereocenters. The van der Waals surface area contributed by atoms with Crippen LogP contribution in [0, 0.1) is 0 Å². The Kier molecular flexibility index (Phi) is 6.83. The third kappa shape index (κ3) is 4.54. The van der Waals surface area contributed by atoms with Crippen molar-refractivity contribution in [3.8, 4) is 0 Å². The molecule has 0 radical (unpaired) electrons. The lowest BCUT2D eigenvalue weighted by Gasteiger charge is -2.24. The zero-order chi connectivity index (χ0) is 22.9. The highest BCUT2D eigenvalue weighted by atomic mass is 35.5. The molecule has 0 aromatic carbocycles. The molecule has 176 valence electrons. The van der Waals surface area contributed by atoms with E-state index >= 15 is 0 Å². The van der Waals surface area contributed by atoms with Crippen molar-refractivity contribution < 1.29 is 22.6 Å². The van der Waals surface area contributed by atoms with E-state index in [2.05, 4.69) is 20.2 Å². The first-order valence-electron chi connectivity index (χ1n) is 10.5. The van der Waals surface area contributed by atoms with Crippen molar-refractivity contribution >= 4 is 21.4 Å². The van der Waals surface area contributed by atoms with E-state index in [0.717, 1.165) is 25.1 Å². The Hall–Kier alpha value is -1.66. The van der Waals surface area contributed by atoms with E-state index in [1.165, 1.54) is 19.5 Å². The molecular weight excluding hydrogens is 458 g/mol. The van der Waals surface area contributed by atoms with E-state index in [-0.39, 0.29) is 23.0 Å². The molecule has 1 aliphatic heterocycles. The van der Waals surface area contributed by atoms with Crippen LogP contribution in [0.2, 0.25) is 5.02 Å². The summed E-state index contributed by atoms with van der Waals surface area (Å²) in [5.74, 6) is 1.28. The summed E-state index contributed by atoms with van der Waals surface area (Å²) in [7, 11) is -0.609. The van der Waals surface area contributed by atoms with E-state index in [1.807, 2.05) is 4.57 Å². The van der Waals surface area contributed by atoms with E-state index in [0.29, 0.717) is 30.7 Å². The summed E-state index contributed by atoms with van der Waals surface area (Å²) >= 11 is 5.86. The van der Waals surface area contributed by atoms with Crippen molar-refractivity contribution in [1.82, 2.24) is 24.7 Å². The van der Waals surface area contributed by atoms with Gasteiger partial charge in [-0.3, -0.25) is 0 Å². The van der Waals surface area contributed by atoms with Crippen molar-refractivity contribution in [2.24, 2.45) is 0 Å². The summed E-state index contributed by atoms with van der Waals surface area (Å²) in [6.07, 6.45) is 4.62. The fourth-order valence-corrected chi connectivity index (χ4v) is 5.78. The average Bonchev–Trinajstić information content (AvgIpc) is 3.15. The largest absolute Gasteiger partial charge is 0.382 e. The van der Waals surface area contributed by atoms with Gasteiger partial charge >= 0.3 is 0 Å². The molecule has 3 atom stereocenters. The predicted octanol–water partition coefficient (Wildman–Crippen LogP) is 2.05.